The second-order valence-electron chi connectivity index (χ2n) is 6.30. The number of aryl methyl sites for hydroxylation is 2. The number of benzene rings is 2. The number of rotatable bonds is 5. The Morgan fingerprint density at radius 2 is 1.96 bits per heavy atom. The second kappa shape index (κ2) is 7.05. The molecule has 140 valence electrons. The SMILES string of the molecule is O=c1[nH]cnc2c1nc(Sc1ccc3c(c1)OCO3)n2CCc1ccccc1. The zero-order valence-electron chi connectivity index (χ0n) is 14.8. The van der Waals surface area contributed by atoms with E-state index in [-0.39, 0.29) is 12.4 Å². The molecule has 2 aromatic heterocycles. The van der Waals surface area contributed by atoms with Crippen molar-refractivity contribution in [1.29, 1.82) is 0 Å². The van der Waals surface area contributed by atoms with Crippen molar-refractivity contribution < 1.29 is 9.47 Å². The van der Waals surface area contributed by atoms with Gasteiger partial charge in [-0.3, -0.25) is 4.79 Å². The quantitative estimate of drug-likeness (QED) is 0.561. The summed E-state index contributed by atoms with van der Waals surface area (Å²) in [6.07, 6.45) is 2.23. The van der Waals surface area contributed by atoms with E-state index in [1.165, 1.54) is 23.7 Å². The van der Waals surface area contributed by atoms with E-state index in [0.717, 1.165) is 17.1 Å². The van der Waals surface area contributed by atoms with Gasteiger partial charge < -0.3 is 19.0 Å². The molecule has 3 heterocycles. The van der Waals surface area contributed by atoms with E-state index < -0.39 is 0 Å². The first kappa shape index (κ1) is 16.9. The van der Waals surface area contributed by atoms with E-state index >= 15 is 0 Å². The third kappa shape index (κ3) is 3.11. The average Bonchev–Trinajstić information content (AvgIpc) is 3.32. The van der Waals surface area contributed by atoms with E-state index in [4.69, 9.17) is 9.47 Å². The van der Waals surface area contributed by atoms with Crippen LogP contribution in [0.25, 0.3) is 11.2 Å². The number of aromatic nitrogens is 4. The van der Waals surface area contributed by atoms with Crippen LogP contribution in [0.4, 0.5) is 0 Å². The highest BCUT2D eigenvalue weighted by atomic mass is 32.2. The summed E-state index contributed by atoms with van der Waals surface area (Å²) in [6.45, 7) is 0.905. The molecule has 0 unspecified atom stereocenters. The summed E-state index contributed by atoms with van der Waals surface area (Å²) >= 11 is 1.47. The Hall–Kier alpha value is -3.26. The highest BCUT2D eigenvalue weighted by Crippen LogP contribution is 2.38. The summed E-state index contributed by atoms with van der Waals surface area (Å²) in [5.74, 6) is 1.45. The maximum absolute atomic E-state index is 12.2. The minimum atomic E-state index is -0.240. The molecular formula is C20H16N4O3S. The van der Waals surface area contributed by atoms with Gasteiger partial charge in [0.15, 0.2) is 27.8 Å². The summed E-state index contributed by atoms with van der Waals surface area (Å²) in [5.41, 5.74) is 1.91. The number of ether oxygens (including phenoxy) is 2. The Bertz CT molecular complexity index is 1200. The number of aromatic amines is 1. The van der Waals surface area contributed by atoms with E-state index in [0.29, 0.717) is 28.6 Å². The fourth-order valence-corrected chi connectivity index (χ4v) is 4.08. The summed E-state index contributed by atoms with van der Waals surface area (Å²) in [7, 11) is 0. The number of hydrogen-bond donors (Lipinski definition) is 1. The van der Waals surface area contributed by atoms with E-state index in [1.54, 1.807) is 0 Å². The van der Waals surface area contributed by atoms with Gasteiger partial charge in [0, 0.05) is 11.4 Å². The van der Waals surface area contributed by atoms with E-state index in [2.05, 4.69) is 27.1 Å². The molecule has 0 fully saturated rings. The molecular weight excluding hydrogens is 376 g/mol. The summed E-state index contributed by atoms with van der Waals surface area (Å²) < 4.78 is 12.8. The Morgan fingerprint density at radius 3 is 2.86 bits per heavy atom. The molecule has 8 heteroatoms. The first-order chi connectivity index (χ1) is 13.8. The standard InChI is InChI=1S/C20H16N4O3S/c25-19-17-18(21-11-22-19)24(9-8-13-4-2-1-3-5-13)20(23-17)28-14-6-7-15-16(10-14)27-12-26-15/h1-7,10-11H,8-9,12H2,(H,21,22,25). The van der Waals surface area contributed by atoms with Crippen LogP contribution in [-0.2, 0) is 13.0 Å². The summed E-state index contributed by atoms with van der Waals surface area (Å²) in [5, 5.41) is 0.717. The smallest absolute Gasteiger partial charge is 0.278 e. The Morgan fingerprint density at radius 1 is 1.11 bits per heavy atom. The molecule has 0 amide bonds. The van der Waals surface area contributed by atoms with Crippen LogP contribution < -0.4 is 15.0 Å². The average molecular weight is 392 g/mol. The van der Waals surface area contributed by atoms with Crippen molar-refractivity contribution in [3.8, 4) is 11.5 Å². The molecule has 0 saturated carbocycles. The normalized spacial score (nSPS) is 12.6. The van der Waals surface area contributed by atoms with Gasteiger partial charge in [0.2, 0.25) is 6.79 Å². The fraction of sp³-hybridized carbons (Fsp3) is 0.150. The molecule has 0 radical (unpaired) electrons. The molecule has 0 aliphatic carbocycles. The van der Waals surface area contributed by atoms with Crippen LogP contribution in [0.1, 0.15) is 5.56 Å². The van der Waals surface area contributed by atoms with Crippen LogP contribution in [0.15, 0.2) is 69.7 Å². The Labute approximate surface area is 164 Å². The van der Waals surface area contributed by atoms with Gasteiger partial charge >= 0.3 is 0 Å². The van der Waals surface area contributed by atoms with Crippen LogP contribution in [0.3, 0.4) is 0 Å². The van der Waals surface area contributed by atoms with E-state index in [9.17, 15) is 4.79 Å². The largest absolute Gasteiger partial charge is 0.454 e. The molecule has 4 aromatic rings. The number of nitrogens with one attached hydrogen (secondary N) is 1. The Kier molecular flexibility index (Phi) is 4.25. The zero-order valence-corrected chi connectivity index (χ0v) is 15.6. The number of imidazole rings is 1. The Balaban J connectivity index is 1.51. The van der Waals surface area contributed by atoms with Crippen molar-refractivity contribution in [3.05, 3.63) is 70.8 Å². The van der Waals surface area contributed by atoms with E-state index in [1.807, 2.05) is 41.0 Å². The van der Waals surface area contributed by atoms with Gasteiger partial charge in [-0.1, -0.05) is 42.1 Å². The van der Waals surface area contributed by atoms with Crippen molar-refractivity contribution in [1.82, 2.24) is 19.5 Å². The molecule has 1 aliphatic rings. The molecule has 28 heavy (non-hydrogen) atoms. The van der Waals surface area contributed by atoms with Crippen molar-refractivity contribution in [2.24, 2.45) is 0 Å². The predicted octanol–water partition coefficient (Wildman–Crippen LogP) is 3.24. The van der Waals surface area contributed by atoms with Crippen LogP contribution in [0.5, 0.6) is 11.5 Å². The number of fused-ring (bicyclic) bond motifs is 2. The third-order valence-corrected chi connectivity index (χ3v) is 5.51. The third-order valence-electron chi connectivity index (χ3n) is 4.52. The minimum Gasteiger partial charge on any atom is -0.454 e. The van der Waals surface area contributed by atoms with Crippen LogP contribution in [-0.4, -0.2) is 26.3 Å². The number of hydrogen-bond acceptors (Lipinski definition) is 6. The maximum atomic E-state index is 12.2. The second-order valence-corrected chi connectivity index (χ2v) is 7.34. The maximum Gasteiger partial charge on any atom is 0.278 e. The summed E-state index contributed by atoms with van der Waals surface area (Å²) in [4.78, 5) is 24.7. The minimum absolute atomic E-state index is 0.234. The molecule has 0 saturated heterocycles. The predicted molar refractivity (Wildman–Crippen MR) is 105 cm³/mol. The van der Waals surface area contributed by atoms with Gasteiger partial charge in [-0.15, -0.1) is 0 Å². The highest BCUT2D eigenvalue weighted by Gasteiger charge is 2.18. The monoisotopic (exact) mass is 392 g/mol. The lowest BCUT2D eigenvalue weighted by molar-refractivity contribution is 0.174. The van der Waals surface area contributed by atoms with Gasteiger partial charge in [-0.05, 0) is 30.2 Å². The topological polar surface area (TPSA) is 82.0 Å². The van der Waals surface area contributed by atoms with Crippen molar-refractivity contribution in [3.63, 3.8) is 0 Å². The number of H-pyrrole nitrogens is 1. The molecule has 7 nitrogen and oxygen atoms in total. The fourth-order valence-electron chi connectivity index (χ4n) is 3.14. The van der Waals surface area contributed by atoms with Crippen LogP contribution in [0, 0.1) is 0 Å². The molecule has 0 atom stereocenters. The van der Waals surface area contributed by atoms with Crippen LogP contribution in [0.2, 0.25) is 0 Å². The highest BCUT2D eigenvalue weighted by molar-refractivity contribution is 7.99. The molecule has 1 aliphatic heterocycles. The number of nitrogens with zero attached hydrogens (tertiary/aromatic N) is 3. The van der Waals surface area contributed by atoms with Gasteiger partial charge in [-0.25, -0.2) is 9.97 Å². The van der Waals surface area contributed by atoms with Crippen LogP contribution >= 0.6 is 11.8 Å². The molecule has 0 spiro atoms. The van der Waals surface area contributed by atoms with Gasteiger partial charge in [0.05, 0.1) is 6.33 Å². The lowest BCUT2D eigenvalue weighted by Gasteiger charge is -2.09. The lowest BCUT2D eigenvalue weighted by Crippen LogP contribution is -2.08. The zero-order chi connectivity index (χ0) is 18.9. The van der Waals surface area contributed by atoms with Crippen molar-refractivity contribution in [2.45, 2.75) is 23.0 Å². The molecule has 2 aromatic carbocycles. The molecule has 1 N–H and O–H groups in total. The first-order valence-corrected chi connectivity index (χ1v) is 9.65. The van der Waals surface area contributed by atoms with Gasteiger partial charge in [0.1, 0.15) is 0 Å². The van der Waals surface area contributed by atoms with Gasteiger partial charge in [-0.2, -0.15) is 0 Å². The lowest BCUT2D eigenvalue weighted by atomic mass is 10.1. The molecule has 0 bridgehead atoms. The van der Waals surface area contributed by atoms with Gasteiger partial charge in [0.25, 0.3) is 5.56 Å². The van der Waals surface area contributed by atoms with Crippen molar-refractivity contribution >= 4 is 22.9 Å². The first-order valence-electron chi connectivity index (χ1n) is 8.83. The van der Waals surface area contributed by atoms with Crippen molar-refractivity contribution in [2.75, 3.05) is 6.79 Å². The molecule has 5 rings (SSSR count). The summed E-state index contributed by atoms with van der Waals surface area (Å²) in [6, 6.07) is 16.0.